The van der Waals surface area contributed by atoms with E-state index in [2.05, 4.69) is 19.2 Å². The monoisotopic (exact) mass is 387 g/mol. The maximum Gasteiger partial charge on any atom is 0.252 e. The molecule has 25 heavy (non-hydrogen) atoms. The molecule has 1 atom stereocenters. The highest BCUT2D eigenvalue weighted by molar-refractivity contribution is 7.91. The molecule has 0 radical (unpaired) electrons. The minimum absolute atomic E-state index is 0.124. The van der Waals surface area contributed by atoms with Gasteiger partial charge in [-0.15, -0.1) is 11.3 Å². The van der Waals surface area contributed by atoms with E-state index in [4.69, 9.17) is 5.73 Å². The van der Waals surface area contributed by atoms with Crippen molar-refractivity contribution in [3.63, 3.8) is 0 Å². The van der Waals surface area contributed by atoms with Crippen LogP contribution < -0.4 is 11.1 Å². The van der Waals surface area contributed by atoms with Crippen LogP contribution in [0, 0.1) is 5.92 Å². The van der Waals surface area contributed by atoms with Gasteiger partial charge in [-0.25, -0.2) is 8.42 Å². The zero-order valence-corrected chi connectivity index (χ0v) is 16.9. The lowest BCUT2D eigenvalue weighted by Crippen LogP contribution is -2.52. The number of amides is 1. The zero-order valence-electron chi connectivity index (χ0n) is 15.2. The lowest BCUT2D eigenvalue weighted by atomic mass is 9.90. The molecule has 1 unspecified atom stereocenters. The van der Waals surface area contributed by atoms with Crippen LogP contribution in [0.4, 0.5) is 0 Å². The van der Waals surface area contributed by atoms with Gasteiger partial charge in [0.2, 0.25) is 5.91 Å². The van der Waals surface area contributed by atoms with Crippen molar-refractivity contribution >= 4 is 27.3 Å². The topological polar surface area (TPSA) is 92.5 Å². The molecule has 0 bridgehead atoms. The molecular weight excluding hydrogens is 358 g/mol. The van der Waals surface area contributed by atoms with E-state index in [1.807, 2.05) is 6.92 Å². The number of thiophene rings is 1. The highest BCUT2D eigenvalue weighted by Gasteiger charge is 2.29. The minimum atomic E-state index is -3.41. The van der Waals surface area contributed by atoms with Crippen LogP contribution in [0.15, 0.2) is 16.3 Å². The lowest BCUT2D eigenvalue weighted by molar-refractivity contribution is -0.122. The van der Waals surface area contributed by atoms with Crippen LogP contribution in [0.3, 0.4) is 0 Å². The van der Waals surface area contributed by atoms with E-state index in [-0.39, 0.29) is 12.3 Å². The number of nitrogens with two attached hydrogens (primary N) is 1. The van der Waals surface area contributed by atoms with E-state index in [0.29, 0.717) is 29.8 Å². The number of nitrogens with zero attached hydrogens (tertiary/aromatic N) is 1. The summed E-state index contributed by atoms with van der Waals surface area (Å²) >= 11 is 1.18. The summed E-state index contributed by atoms with van der Waals surface area (Å²) in [7, 11) is -3.41. The first-order valence-electron chi connectivity index (χ1n) is 8.76. The molecule has 8 heteroatoms. The third-order valence-corrected chi connectivity index (χ3v) is 7.83. The first-order chi connectivity index (χ1) is 11.7. The fourth-order valence-corrected chi connectivity index (χ4v) is 6.30. The smallest absolute Gasteiger partial charge is 0.252 e. The lowest BCUT2D eigenvalue weighted by Gasteiger charge is -2.31. The zero-order chi connectivity index (χ0) is 18.7. The second-order valence-corrected chi connectivity index (χ2v) is 10.8. The average molecular weight is 388 g/mol. The highest BCUT2D eigenvalue weighted by Crippen LogP contribution is 2.27. The van der Waals surface area contributed by atoms with Gasteiger partial charge in [0.25, 0.3) is 10.0 Å². The maximum atomic E-state index is 12.5. The molecule has 3 N–H and O–H groups in total. The van der Waals surface area contributed by atoms with Gasteiger partial charge < -0.3 is 11.1 Å². The molecule has 1 aromatic heterocycles. The van der Waals surface area contributed by atoms with Gasteiger partial charge >= 0.3 is 0 Å². The molecular formula is C17H29N3O3S2. The van der Waals surface area contributed by atoms with Gasteiger partial charge in [-0.3, -0.25) is 4.79 Å². The first kappa shape index (κ1) is 20.4. The number of sulfonamides is 1. The fraction of sp³-hybridized carbons (Fsp3) is 0.706. The molecule has 2 heterocycles. The number of carbonyl (C=O) groups excluding carboxylic acids is 1. The Morgan fingerprint density at radius 1 is 1.36 bits per heavy atom. The van der Waals surface area contributed by atoms with E-state index in [0.717, 1.165) is 24.1 Å². The van der Waals surface area contributed by atoms with Crippen LogP contribution in [0.25, 0.3) is 0 Å². The summed E-state index contributed by atoms with van der Waals surface area (Å²) in [6, 6.07) is 3.34. The number of carbonyl (C=O) groups is 1. The van der Waals surface area contributed by atoms with Gasteiger partial charge in [-0.05, 0) is 44.2 Å². The van der Waals surface area contributed by atoms with E-state index in [1.54, 1.807) is 12.1 Å². The molecule has 0 aliphatic carbocycles. The highest BCUT2D eigenvalue weighted by atomic mass is 32.2. The summed E-state index contributed by atoms with van der Waals surface area (Å²) in [6.07, 6.45) is 2.79. The Labute approximate surface area is 154 Å². The van der Waals surface area contributed by atoms with Crippen LogP contribution in [-0.2, 0) is 21.2 Å². The number of hydrogen-bond acceptors (Lipinski definition) is 5. The molecule has 1 amide bonds. The van der Waals surface area contributed by atoms with Crippen LogP contribution in [0.1, 0.15) is 44.9 Å². The summed E-state index contributed by atoms with van der Waals surface area (Å²) in [6.45, 7) is 7.67. The van der Waals surface area contributed by atoms with Crippen LogP contribution in [0.2, 0.25) is 0 Å². The van der Waals surface area contributed by atoms with Gasteiger partial charge in [-0.1, -0.05) is 13.8 Å². The Balaban J connectivity index is 2.02. The molecule has 0 spiro atoms. The normalized spacial score (nSPS) is 18.4. The molecule has 1 aromatic rings. The largest absolute Gasteiger partial charge is 0.349 e. The summed E-state index contributed by atoms with van der Waals surface area (Å²) < 4.78 is 26.9. The van der Waals surface area contributed by atoms with E-state index < -0.39 is 15.6 Å². The Bertz CT molecular complexity index is 694. The van der Waals surface area contributed by atoms with Crippen molar-refractivity contribution in [2.75, 3.05) is 19.6 Å². The molecule has 1 saturated heterocycles. The van der Waals surface area contributed by atoms with Crippen LogP contribution in [0.5, 0.6) is 0 Å². The third kappa shape index (κ3) is 5.26. The predicted molar refractivity (Wildman–Crippen MR) is 101 cm³/mol. The van der Waals surface area contributed by atoms with Gasteiger partial charge in [0.1, 0.15) is 4.21 Å². The average Bonchev–Trinajstić information content (AvgIpc) is 3.17. The van der Waals surface area contributed by atoms with Crippen molar-refractivity contribution in [1.82, 2.24) is 9.62 Å². The molecule has 0 saturated carbocycles. The fourth-order valence-electron chi connectivity index (χ4n) is 3.27. The standard InChI is InChI=1S/C17H29N3O3S2/c1-13(2)11-17(3,12-18)19-15(21)10-14-6-7-16(24-14)25(22,23)20-8-4-5-9-20/h6-7,13H,4-5,8-12,18H2,1-3H3,(H,19,21). The Hall–Kier alpha value is -0.960. The summed E-state index contributed by atoms with van der Waals surface area (Å²) in [5.41, 5.74) is 5.39. The Morgan fingerprint density at radius 2 is 2.00 bits per heavy atom. The van der Waals surface area contributed by atoms with Gasteiger partial charge in [0, 0.05) is 30.1 Å². The van der Waals surface area contributed by atoms with E-state index in [9.17, 15) is 13.2 Å². The summed E-state index contributed by atoms with van der Waals surface area (Å²) in [4.78, 5) is 13.1. The maximum absolute atomic E-state index is 12.5. The Morgan fingerprint density at radius 3 is 2.56 bits per heavy atom. The SMILES string of the molecule is CC(C)CC(C)(CN)NC(=O)Cc1ccc(S(=O)(=O)N2CCCC2)s1. The van der Waals surface area contributed by atoms with Crippen molar-refractivity contribution in [2.24, 2.45) is 11.7 Å². The van der Waals surface area contributed by atoms with Crippen molar-refractivity contribution < 1.29 is 13.2 Å². The number of hydrogen-bond donors (Lipinski definition) is 2. The second-order valence-electron chi connectivity index (χ2n) is 7.42. The molecule has 1 aliphatic heterocycles. The van der Waals surface area contributed by atoms with Crippen LogP contribution >= 0.6 is 11.3 Å². The number of nitrogens with one attached hydrogen (secondary N) is 1. The number of rotatable bonds is 8. The van der Waals surface area contributed by atoms with Crippen molar-refractivity contribution in [3.8, 4) is 0 Å². The second kappa shape index (κ2) is 8.16. The van der Waals surface area contributed by atoms with E-state index in [1.165, 1.54) is 15.6 Å². The summed E-state index contributed by atoms with van der Waals surface area (Å²) in [5, 5.41) is 3.01. The minimum Gasteiger partial charge on any atom is -0.349 e. The molecule has 2 rings (SSSR count). The van der Waals surface area contributed by atoms with Crippen molar-refractivity contribution in [2.45, 2.75) is 56.2 Å². The quantitative estimate of drug-likeness (QED) is 0.713. The Kier molecular flexibility index (Phi) is 6.64. The summed E-state index contributed by atoms with van der Waals surface area (Å²) in [5.74, 6) is 0.299. The van der Waals surface area contributed by atoms with Crippen LogP contribution in [-0.4, -0.2) is 43.8 Å². The molecule has 6 nitrogen and oxygen atoms in total. The van der Waals surface area contributed by atoms with Gasteiger partial charge in [0.05, 0.1) is 6.42 Å². The molecule has 1 aliphatic rings. The molecule has 142 valence electrons. The van der Waals surface area contributed by atoms with Crippen molar-refractivity contribution in [1.29, 1.82) is 0 Å². The molecule has 0 aromatic carbocycles. The molecule has 1 fully saturated rings. The van der Waals surface area contributed by atoms with Gasteiger partial charge in [-0.2, -0.15) is 4.31 Å². The van der Waals surface area contributed by atoms with Crippen molar-refractivity contribution in [3.05, 3.63) is 17.0 Å². The van der Waals surface area contributed by atoms with Gasteiger partial charge in [0.15, 0.2) is 0 Å². The predicted octanol–water partition coefficient (Wildman–Crippen LogP) is 1.95. The first-order valence-corrected chi connectivity index (χ1v) is 11.0. The van der Waals surface area contributed by atoms with E-state index >= 15 is 0 Å². The third-order valence-electron chi connectivity index (χ3n) is 4.38.